The van der Waals surface area contributed by atoms with E-state index in [0.717, 1.165) is 23.7 Å². The van der Waals surface area contributed by atoms with Gasteiger partial charge in [-0.2, -0.15) is 13.1 Å². The first-order valence-corrected chi connectivity index (χ1v) is 12.8. The summed E-state index contributed by atoms with van der Waals surface area (Å²) in [5, 5.41) is 4.20. The predicted octanol–water partition coefficient (Wildman–Crippen LogP) is 2.93. The monoisotopic (exact) mass is 469 g/mol. The molecule has 0 saturated carbocycles. The molecule has 166 valence electrons. The molecule has 2 aromatic carbocycles. The largest absolute Gasteiger partial charge is 0.361 e. The Bertz CT molecular complexity index is 1370. The SMILES string of the molecule is O=C(NCCc1c[nH]c2ccccc12)C1CCN(S(=O)(=O)c2cccc3nsnc23)CC1. The number of aromatic amines is 1. The molecular weight excluding hydrogens is 446 g/mol. The van der Waals surface area contributed by atoms with Crippen molar-refractivity contribution in [2.45, 2.75) is 24.2 Å². The average Bonchev–Trinajstić information content (AvgIpc) is 3.46. The van der Waals surface area contributed by atoms with Crippen LogP contribution in [-0.2, 0) is 21.2 Å². The van der Waals surface area contributed by atoms with Crippen LogP contribution in [0.2, 0.25) is 0 Å². The van der Waals surface area contributed by atoms with E-state index in [1.807, 2.05) is 24.4 Å². The fourth-order valence-electron chi connectivity index (χ4n) is 4.29. The lowest BCUT2D eigenvalue weighted by Gasteiger charge is -2.30. The van der Waals surface area contributed by atoms with E-state index >= 15 is 0 Å². The summed E-state index contributed by atoms with van der Waals surface area (Å²) in [6, 6.07) is 13.1. The topological polar surface area (TPSA) is 108 Å². The quantitative estimate of drug-likeness (QED) is 0.451. The second-order valence-corrected chi connectivity index (χ2v) is 10.4. The van der Waals surface area contributed by atoms with E-state index in [4.69, 9.17) is 0 Å². The Labute approximate surface area is 190 Å². The molecule has 10 heteroatoms. The number of hydrogen-bond acceptors (Lipinski definition) is 6. The maximum Gasteiger partial charge on any atom is 0.245 e. The molecule has 32 heavy (non-hydrogen) atoms. The van der Waals surface area contributed by atoms with Crippen LogP contribution in [0.1, 0.15) is 18.4 Å². The van der Waals surface area contributed by atoms with Crippen LogP contribution in [0.5, 0.6) is 0 Å². The minimum Gasteiger partial charge on any atom is -0.361 e. The Morgan fingerprint density at radius 1 is 1.12 bits per heavy atom. The van der Waals surface area contributed by atoms with Gasteiger partial charge in [0.15, 0.2) is 0 Å². The molecule has 1 aliphatic heterocycles. The van der Waals surface area contributed by atoms with Gasteiger partial charge in [-0.1, -0.05) is 24.3 Å². The van der Waals surface area contributed by atoms with Crippen molar-refractivity contribution < 1.29 is 13.2 Å². The number of H-pyrrole nitrogens is 1. The maximum absolute atomic E-state index is 13.1. The summed E-state index contributed by atoms with van der Waals surface area (Å²) in [6.45, 7) is 1.19. The zero-order valence-electron chi connectivity index (χ0n) is 17.3. The Morgan fingerprint density at radius 2 is 1.94 bits per heavy atom. The van der Waals surface area contributed by atoms with Gasteiger partial charge >= 0.3 is 0 Å². The zero-order valence-corrected chi connectivity index (χ0v) is 19.0. The first kappa shape index (κ1) is 21.0. The van der Waals surface area contributed by atoms with Crippen molar-refractivity contribution in [3.63, 3.8) is 0 Å². The molecule has 3 heterocycles. The second-order valence-electron chi connectivity index (χ2n) is 7.97. The van der Waals surface area contributed by atoms with Crippen molar-refractivity contribution >= 4 is 49.6 Å². The predicted molar refractivity (Wildman–Crippen MR) is 124 cm³/mol. The summed E-state index contributed by atoms with van der Waals surface area (Å²) < 4.78 is 36.0. The number of benzene rings is 2. The van der Waals surface area contributed by atoms with Crippen molar-refractivity contribution in [3.8, 4) is 0 Å². The lowest BCUT2D eigenvalue weighted by molar-refractivity contribution is -0.126. The van der Waals surface area contributed by atoms with Crippen LogP contribution in [0.15, 0.2) is 53.6 Å². The van der Waals surface area contributed by atoms with Gasteiger partial charge in [-0.05, 0) is 43.0 Å². The fraction of sp³-hybridized carbons (Fsp3) is 0.318. The van der Waals surface area contributed by atoms with Gasteiger partial charge in [0.05, 0.1) is 11.7 Å². The molecule has 4 aromatic rings. The van der Waals surface area contributed by atoms with Gasteiger partial charge in [0, 0.05) is 42.7 Å². The Morgan fingerprint density at radius 3 is 2.78 bits per heavy atom. The number of nitrogens with one attached hydrogen (secondary N) is 2. The van der Waals surface area contributed by atoms with Crippen LogP contribution in [0.4, 0.5) is 0 Å². The van der Waals surface area contributed by atoms with Crippen LogP contribution in [-0.4, -0.2) is 52.0 Å². The molecule has 0 spiro atoms. The number of aromatic nitrogens is 3. The van der Waals surface area contributed by atoms with E-state index in [2.05, 4.69) is 25.1 Å². The number of sulfonamides is 1. The Balaban J connectivity index is 1.17. The second kappa shape index (κ2) is 8.61. The minimum absolute atomic E-state index is 0.00677. The highest BCUT2D eigenvalue weighted by molar-refractivity contribution is 7.89. The summed E-state index contributed by atoms with van der Waals surface area (Å²) in [5.74, 6) is -0.186. The highest BCUT2D eigenvalue weighted by atomic mass is 32.2. The molecule has 0 radical (unpaired) electrons. The lowest BCUT2D eigenvalue weighted by atomic mass is 9.97. The fourth-order valence-corrected chi connectivity index (χ4v) is 6.51. The number of carbonyl (C=O) groups is 1. The molecule has 0 atom stereocenters. The third-order valence-corrected chi connectivity index (χ3v) is 8.53. The molecule has 8 nitrogen and oxygen atoms in total. The van der Waals surface area contributed by atoms with Gasteiger partial charge in [0.1, 0.15) is 15.9 Å². The van der Waals surface area contributed by atoms with E-state index in [1.54, 1.807) is 18.2 Å². The van der Waals surface area contributed by atoms with Crippen LogP contribution in [0.25, 0.3) is 21.9 Å². The maximum atomic E-state index is 13.1. The number of hydrogen-bond donors (Lipinski definition) is 2. The van der Waals surface area contributed by atoms with Gasteiger partial charge in [-0.3, -0.25) is 4.79 Å². The van der Waals surface area contributed by atoms with Gasteiger partial charge in [0.2, 0.25) is 15.9 Å². The normalized spacial score (nSPS) is 16.0. The van der Waals surface area contributed by atoms with E-state index in [-0.39, 0.29) is 16.7 Å². The highest BCUT2D eigenvalue weighted by Crippen LogP contribution is 2.28. The number of piperidine rings is 1. The van der Waals surface area contributed by atoms with Crippen molar-refractivity contribution in [1.82, 2.24) is 23.4 Å². The first-order chi connectivity index (χ1) is 15.5. The number of para-hydroxylation sites is 1. The van der Waals surface area contributed by atoms with Crippen LogP contribution >= 0.6 is 11.7 Å². The number of nitrogens with zero attached hydrogens (tertiary/aromatic N) is 3. The summed E-state index contributed by atoms with van der Waals surface area (Å²) in [4.78, 5) is 16.1. The number of fused-ring (bicyclic) bond motifs is 2. The van der Waals surface area contributed by atoms with Gasteiger partial charge < -0.3 is 10.3 Å². The zero-order chi connectivity index (χ0) is 22.1. The van der Waals surface area contributed by atoms with E-state index in [0.29, 0.717) is 43.5 Å². The molecule has 2 N–H and O–H groups in total. The third kappa shape index (κ3) is 3.89. The molecule has 1 fully saturated rings. The van der Waals surface area contributed by atoms with E-state index < -0.39 is 10.0 Å². The Kier molecular flexibility index (Phi) is 5.66. The number of carbonyl (C=O) groups excluding carboxylic acids is 1. The summed E-state index contributed by atoms with van der Waals surface area (Å²) in [6.07, 6.45) is 3.74. The first-order valence-electron chi connectivity index (χ1n) is 10.6. The summed E-state index contributed by atoms with van der Waals surface area (Å²) >= 11 is 1.00. The molecule has 0 aliphatic carbocycles. The molecule has 1 saturated heterocycles. The summed E-state index contributed by atoms with van der Waals surface area (Å²) in [7, 11) is -3.67. The van der Waals surface area contributed by atoms with Crippen molar-refractivity contribution in [2.75, 3.05) is 19.6 Å². The van der Waals surface area contributed by atoms with E-state index in [9.17, 15) is 13.2 Å². The number of rotatable bonds is 6. The molecule has 5 rings (SSSR count). The van der Waals surface area contributed by atoms with Gasteiger partial charge in [-0.15, -0.1) is 0 Å². The highest BCUT2D eigenvalue weighted by Gasteiger charge is 2.33. The van der Waals surface area contributed by atoms with Gasteiger partial charge in [-0.25, -0.2) is 8.42 Å². The smallest absolute Gasteiger partial charge is 0.245 e. The lowest BCUT2D eigenvalue weighted by Crippen LogP contribution is -2.43. The molecule has 0 bridgehead atoms. The molecule has 1 aliphatic rings. The van der Waals surface area contributed by atoms with Gasteiger partial charge in [0.25, 0.3) is 0 Å². The van der Waals surface area contributed by atoms with Crippen LogP contribution < -0.4 is 5.32 Å². The third-order valence-electron chi connectivity index (χ3n) is 6.06. The average molecular weight is 470 g/mol. The van der Waals surface area contributed by atoms with E-state index in [1.165, 1.54) is 15.3 Å². The Hall–Kier alpha value is -2.82. The molecule has 1 amide bonds. The molecule has 0 unspecified atom stereocenters. The standard InChI is InChI=1S/C22H23N5O3S2/c28-22(23-11-8-16-14-24-18-5-2-1-4-17(16)18)15-9-12-27(13-10-15)32(29,30)20-7-3-6-19-21(20)26-31-25-19/h1-7,14-15,24H,8-13H2,(H,23,28). The van der Waals surface area contributed by atoms with Crippen LogP contribution in [0.3, 0.4) is 0 Å². The summed E-state index contributed by atoms with van der Waals surface area (Å²) in [5.41, 5.74) is 3.26. The number of amides is 1. The minimum atomic E-state index is -3.67. The van der Waals surface area contributed by atoms with Crippen molar-refractivity contribution in [1.29, 1.82) is 0 Å². The van der Waals surface area contributed by atoms with Crippen molar-refractivity contribution in [3.05, 3.63) is 54.2 Å². The molecule has 2 aromatic heterocycles. The van der Waals surface area contributed by atoms with Crippen molar-refractivity contribution in [2.24, 2.45) is 5.92 Å². The van der Waals surface area contributed by atoms with Crippen LogP contribution in [0, 0.1) is 5.92 Å². The molecular formula is C22H23N5O3S2.